The monoisotopic (exact) mass is 297 g/mol. The van der Waals surface area contributed by atoms with Gasteiger partial charge in [0.1, 0.15) is 6.33 Å². The van der Waals surface area contributed by atoms with Crippen molar-refractivity contribution in [3.8, 4) is 11.7 Å². The lowest BCUT2D eigenvalue weighted by atomic mass is 10.3. The molecule has 0 spiro atoms. The standard InChI is InChI=1S/C12H16N3O4P/c1-3-17-20(16,18-4-2)19-12-13-10-15(14-12)11-8-6-5-7-9-11/h5-10H,3-4H2,1-2H3. The van der Waals surface area contributed by atoms with Crippen LogP contribution >= 0.6 is 7.82 Å². The minimum atomic E-state index is -3.66. The second-order valence-electron chi connectivity index (χ2n) is 3.68. The van der Waals surface area contributed by atoms with Crippen molar-refractivity contribution in [3.05, 3.63) is 36.7 Å². The summed E-state index contributed by atoms with van der Waals surface area (Å²) in [5.74, 6) is 0. The Labute approximate surface area is 117 Å². The molecule has 0 radical (unpaired) electrons. The lowest BCUT2D eigenvalue weighted by Crippen LogP contribution is -2.03. The number of hydrogen-bond donors (Lipinski definition) is 0. The Bertz CT molecular complexity index is 577. The number of rotatable bonds is 7. The first-order valence-electron chi connectivity index (χ1n) is 6.22. The van der Waals surface area contributed by atoms with E-state index in [9.17, 15) is 4.57 Å². The van der Waals surface area contributed by atoms with E-state index in [0.29, 0.717) is 0 Å². The maximum absolute atomic E-state index is 12.2. The van der Waals surface area contributed by atoms with Crippen molar-refractivity contribution in [3.63, 3.8) is 0 Å². The molecule has 8 heteroatoms. The summed E-state index contributed by atoms with van der Waals surface area (Å²) >= 11 is 0. The Balaban J connectivity index is 2.15. The molecule has 0 bridgehead atoms. The Morgan fingerprint density at radius 2 is 1.80 bits per heavy atom. The number of phosphoric ester groups is 1. The van der Waals surface area contributed by atoms with Crippen LogP contribution in [0.3, 0.4) is 0 Å². The largest absolute Gasteiger partial charge is 0.532 e. The Morgan fingerprint density at radius 1 is 1.15 bits per heavy atom. The molecular weight excluding hydrogens is 281 g/mol. The van der Waals surface area contributed by atoms with E-state index in [1.165, 1.54) is 11.0 Å². The van der Waals surface area contributed by atoms with Crippen molar-refractivity contribution in [1.82, 2.24) is 14.8 Å². The van der Waals surface area contributed by atoms with Crippen LogP contribution in [0.2, 0.25) is 0 Å². The molecule has 0 atom stereocenters. The van der Waals surface area contributed by atoms with Crippen molar-refractivity contribution in [2.75, 3.05) is 13.2 Å². The van der Waals surface area contributed by atoms with Gasteiger partial charge in [-0.1, -0.05) is 18.2 Å². The van der Waals surface area contributed by atoms with Crippen molar-refractivity contribution >= 4 is 7.82 Å². The lowest BCUT2D eigenvalue weighted by molar-refractivity contribution is 0.164. The zero-order chi connectivity index (χ0) is 14.4. The van der Waals surface area contributed by atoms with Gasteiger partial charge in [0.05, 0.1) is 18.9 Å². The second kappa shape index (κ2) is 6.65. The molecule has 2 aromatic rings. The molecule has 0 saturated heterocycles. The van der Waals surface area contributed by atoms with Gasteiger partial charge in [0.2, 0.25) is 0 Å². The Hall–Kier alpha value is -1.69. The predicted octanol–water partition coefficient (Wildman–Crippen LogP) is 2.83. The van der Waals surface area contributed by atoms with Crippen LogP contribution in [0.1, 0.15) is 13.8 Å². The summed E-state index contributed by atoms with van der Waals surface area (Å²) in [5.41, 5.74) is 0.817. The molecule has 0 aliphatic heterocycles. The van der Waals surface area contributed by atoms with Gasteiger partial charge >= 0.3 is 13.8 Å². The third-order valence-corrected chi connectivity index (χ3v) is 3.80. The fourth-order valence-corrected chi connectivity index (χ4v) is 2.60. The van der Waals surface area contributed by atoms with Crippen LogP contribution in [0.15, 0.2) is 36.7 Å². The van der Waals surface area contributed by atoms with Crippen molar-refractivity contribution in [1.29, 1.82) is 0 Å². The number of phosphoric acid groups is 1. The molecule has 0 N–H and O–H groups in total. The van der Waals surface area contributed by atoms with Gasteiger partial charge in [-0.05, 0) is 26.0 Å². The van der Waals surface area contributed by atoms with Gasteiger partial charge in [-0.25, -0.2) is 9.25 Å². The third-order valence-electron chi connectivity index (χ3n) is 2.26. The zero-order valence-electron chi connectivity index (χ0n) is 11.3. The molecular formula is C12H16N3O4P. The summed E-state index contributed by atoms with van der Waals surface area (Å²) in [6.07, 6.45) is 1.47. The molecule has 1 aromatic carbocycles. The minimum absolute atomic E-state index is 0.0564. The zero-order valence-corrected chi connectivity index (χ0v) is 12.2. The van der Waals surface area contributed by atoms with Crippen LogP contribution in [0, 0.1) is 0 Å². The van der Waals surface area contributed by atoms with Gasteiger partial charge in [-0.2, -0.15) is 4.98 Å². The molecule has 0 saturated carbocycles. The van der Waals surface area contributed by atoms with E-state index >= 15 is 0 Å². The smallest absolute Gasteiger partial charge is 0.367 e. The number of para-hydroxylation sites is 1. The predicted molar refractivity (Wildman–Crippen MR) is 72.8 cm³/mol. The van der Waals surface area contributed by atoms with Crippen LogP contribution in [-0.4, -0.2) is 28.0 Å². The van der Waals surface area contributed by atoms with Crippen LogP contribution in [0.25, 0.3) is 5.69 Å². The normalized spacial score (nSPS) is 11.5. The fraction of sp³-hybridized carbons (Fsp3) is 0.333. The SMILES string of the molecule is CCOP(=O)(OCC)Oc1ncn(-c2ccccc2)n1. The lowest BCUT2D eigenvalue weighted by Gasteiger charge is -2.14. The molecule has 7 nitrogen and oxygen atoms in total. The summed E-state index contributed by atoms with van der Waals surface area (Å²) in [7, 11) is -3.66. The number of aromatic nitrogens is 3. The van der Waals surface area contributed by atoms with Crippen LogP contribution in [0.5, 0.6) is 6.01 Å². The molecule has 0 amide bonds. The first-order valence-corrected chi connectivity index (χ1v) is 7.68. The minimum Gasteiger partial charge on any atom is -0.367 e. The average molecular weight is 297 g/mol. The number of nitrogens with zero attached hydrogens (tertiary/aromatic N) is 3. The van der Waals surface area contributed by atoms with E-state index in [0.717, 1.165) is 5.69 Å². The molecule has 0 aliphatic carbocycles. The summed E-state index contributed by atoms with van der Waals surface area (Å²) in [6.45, 7) is 3.81. The molecule has 0 unspecified atom stereocenters. The summed E-state index contributed by atoms with van der Waals surface area (Å²) in [5, 5.41) is 4.08. The van der Waals surface area contributed by atoms with E-state index in [1.54, 1.807) is 13.8 Å². The quantitative estimate of drug-likeness (QED) is 0.731. The highest BCUT2D eigenvalue weighted by Gasteiger charge is 2.29. The van der Waals surface area contributed by atoms with Crippen molar-refractivity contribution < 1.29 is 18.1 Å². The van der Waals surface area contributed by atoms with Crippen LogP contribution < -0.4 is 4.52 Å². The molecule has 2 rings (SSSR count). The molecule has 20 heavy (non-hydrogen) atoms. The first-order chi connectivity index (χ1) is 9.67. The van der Waals surface area contributed by atoms with E-state index in [4.69, 9.17) is 13.6 Å². The van der Waals surface area contributed by atoms with Gasteiger partial charge in [0.25, 0.3) is 0 Å². The highest BCUT2D eigenvalue weighted by atomic mass is 31.2. The third kappa shape index (κ3) is 3.66. The van der Waals surface area contributed by atoms with Gasteiger partial charge in [-0.3, -0.25) is 9.05 Å². The van der Waals surface area contributed by atoms with Gasteiger partial charge < -0.3 is 4.52 Å². The topological polar surface area (TPSA) is 75.5 Å². The highest BCUT2D eigenvalue weighted by molar-refractivity contribution is 7.48. The fourth-order valence-electron chi connectivity index (χ4n) is 1.50. The average Bonchev–Trinajstić information content (AvgIpc) is 2.88. The highest BCUT2D eigenvalue weighted by Crippen LogP contribution is 2.48. The van der Waals surface area contributed by atoms with Crippen molar-refractivity contribution in [2.45, 2.75) is 13.8 Å². The van der Waals surface area contributed by atoms with Crippen molar-refractivity contribution in [2.24, 2.45) is 0 Å². The van der Waals surface area contributed by atoms with E-state index in [1.807, 2.05) is 30.3 Å². The first kappa shape index (κ1) is 14.7. The van der Waals surface area contributed by atoms with E-state index in [-0.39, 0.29) is 19.2 Å². The number of hydrogen-bond acceptors (Lipinski definition) is 6. The second-order valence-corrected chi connectivity index (χ2v) is 5.27. The number of benzene rings is 1. The molecule has 0 fully saturated rings. The molecule has 0 aliphatic rings. The molecule has 1 heterocycles. The molecule has 1 aromatic heterocycles. The van der Waals surface area contributed by atoms with Gasteiger partial charge in [0, 0.05) is 0 Å². The van der Waals surface area contributed by atoms with Crippen LogP contribution in [-0.2, 0) is 13.6 Å². The maximum Gasteiger partial charge on any atom is 0.532 e. The summed E-state index contributed by atoms with van der Waals surface area (Å²) in [6, 6.07) is 9.33. The molecule has 108 valence electrons. The van der Waals surface area contributed by atoms with Gasteiger partial charge in [-0.15, -0.1) is 5.10 Å². The Morgan fingerprint density at radius 3 is 2.40 bits per heavy atom. The Kier molecular flexibility index (Phi) is 4.89. The summed E-state index contributed by atoms with van der Waals surface area (Å²) in [4.78, 5) is 3.94. The van der Waals surface area contributed by atoms with Crippen LogP contribution in [0.4, 0.5) is 0 Å². The summed E-state index contributed by atoms with van der Waals surface area (Å²) < 4.78 is 28.9. The van der Waals surface area contributed by atoms with E-state index in [2.05, 4.69) is 10.1 Å². The maximum atomic E-state index is 12.2. The van der Waals surface area contributed by atoms with Gasteiger partial charge in [0.15, 0.2) is 0 Å². The van der Waals surface area contributed by atoms with E-state index < -0.39 is 7.82 Å².